The Morgan fingerprint density at radius 1 is 1.16 bits per heavy atom. The van der Waals surface area contributed by atoms with Gasteiger partial charge in [0, 0.05) is 16.8 Å². The third-order valence-electron chi connectivity index (χ3n) is 2.24. The maximum absolute atomic E-state index is 11.8. The first-order chi connectivity index (χ1) is 8.81. The van der Waals surface area contributed by atoms with Crippen molar-refractivity contribution in [1.82, 2.24) is 10.6 Å². The van der Waals surface area contributed by atoms with Crippen molar-refractivity contribution in [2.45, 2.75) is 26.3 Å². The minimum Gasteiger partial charge on any atom is -0.350 e. The predicted molar refractivity (Wildman–Crippen MR) is 74.5 cm³/mol. The Morgan fingerprint density at radius 3 is 2.21 bits per heavy atom. The molecule has 0 saturated heterocycles. The van der Waals surface area contributed by atoms with Crippen LogP contribution in [0.5, 0.6) is 0 Å². The van der Waals surface area contributed by atoms with Gasteiger partial charge in [0.05, 0.1) is 6.54 Å². The molecule has 0 heterocycles. The Bertz CT molecular complexity index is 449. The van der Waals surface area contributed by atoms with Crippen LogP contribution in [0.2, 0.25) is 0 Å². The largest absolute Gasteiger partial charge is 0.350 e. The average molecular weight is 264 g/mol. The van der Waals surface area contributed by atoms with Crippen molar-refractivity contribution in [2.75, 3.05) is 12.0 Å². The molecule has 104 valence electrons. The van der Waals surface area contributed by atoms with Crippen LogP contribution in [0.25, 0.3) is 0 Å². The molecule has 1 aromatic carbocycles. The molecule has 0 aromatic heterocycles. The lowest BCUT2D eigenvalue weighted by Crippen LogP contribution is -2.45. The third kappa shape index (κ3) is 5.39. The number of hydrazine groups is 1. The highest BCUT2D eigenvalue weighted by Crippen LogP contribution is 2.07. The minimum absolute atomic E-state index is 0.0486. The molecular formula is C13H20N4O2. The Kier molecular flexibility index (Phi) is 4.88. The average Bonchev–Trinajstić information content (AvgIpc) is 2.34. The molecule has 5 N–H and O–H groups in total. The fourth-order valence-corrected chi connectivity index (χ4v) is 1.44. The molecule has 0 aliphatic heterocycles. The number of anilines is 1. The molecule has 2 amide bonds. The number of amides is 2. The van der Waals surface area contributed by atoms with E-state index in [0.29, 0.717) is 11.3 Å². The van der Waals surface area contributed by atoms with Crippen LogP contribution in [0.1, 0.15) is 31.1 Å². The molecule has 0 aliphatic rings. The van der Waals surface area contributed by atoms with Gasteiger partial charge in [-0.25, -0.2) is 0 Å². The normalized spacial score (nSPS) is 10.7. The van der Waals surface area contributed by atoms with Crippen molar-refractivity contribution in [1.29, 1.82) is 0 Å². The number of carbonyl (C=O) groups is 2. The molecule has 0 aliphatic carbocycles. The van der Waals surface area contributed by atoms with Crippen molar-refractivity contribution in [2.24, 2.45) is 5.84 Å². The smallest absolute Gasteiger partial charge is 0.251 e. The Hall–Kier alpha value is -2.08. The van der Waals surface area contributed by atoms with E-state index in [9.17, 15) is 9.59 Å². The highest BCUT2D eigenvalue weighted by molar-refractivity contribution is 5.96. The zero-order valence-corrected chi connectivity index (χ0v) is 11.4. The van der Waals surface area contributed by atoms with E-state index < -0.39 is 0 Å². The quantitative estimate of drug-likeness (QED) is 0.473. The second-order valence-corrected chi connectivity index (χ2v) is 5.20. The van der Waals surface area contributed by atoms with Gasteiger partial charge in [-0.2, -0.15) is 0 Å². The van der Waals surface area contributed by atoms with Crippen molar-refractivity contribution < 1.29 is 9.59 Å². The summed E-state index contributed by atoms with van der Waals surface area (Å²) < 4.78 is 0. The van der Waals surface area contributed by atoms with Gasteiger partial charge in [0.1, 0.15) is 0 Å². The zero-order valence-electron chi connectivity index (χ0n) is 11.4. The summed E-state index contributed by atoms with van der Waals surface area (Å²) in [4.78, 5) is 23.3. The van der Waals surface area contributed by atoms with Crippen molar-refractivity contribution >= 4 is 17.5 Å². The Labute approximate surface area is 112 Å². The lowest BCUT2D eigenvalue weighted by Gasteiger charge is -2.20. The molecular weight excluding hydrogens is 244 g/mol. The lowest BCUT2D eigenvalue weighted by atomic mass is 10.1. The van der Waals surface area contributed by atoms with Crippen molar-refractivity contribution in [3.05, 3.63) is 29.8 Å². The van der Waals surface area contributed by atoms with Gasteiger partial charge in [0.15, 0.2) is 0 Å². The first-order valence-electron chi connectivity index (χ1n) is 5.98. The third-order valence-corrected chi connectivity index (χ3v) is 2.24. The van der Waals surface area contributed by atoms with Crippen LogP contribution in [-0.2, 0) is 4.79 Å². The van der Waals surface area contributed by atoms with Crippen LogP contribution in [0.3, 0.4) is 0 Å². The number of nitrogens with one attached hydrogen (secondary N) is 3. The molecule has 6 nitrogen and oxygen atoms in total. The molecule has 19 heavy (non-hydrogen) atoms. The van der Waals surface area contributed by atoms with Crippen LogP contribution in [0.15, 0.2) is 24.3 Å². The summed E-state index contributed by atoms with van der Waals surface area (Å²) in [5.41, 5.74) is 3.35. The zero-order chi connectivity index (χ0) is 14.5. The second-order valence-electron chi connectivity index (χ2n) is 5.20. The van der Waals surface area contributed by atoms with E-state index in [0.717, 1.165) is 0 Å². The summed E-state index contributed by atoms with van der Waals surface area (Å²) in [6.45, 7) is 5.59. The van der Waals surface area contributed by atoms with Crippen LogP contribution in [-0.4, -0.2) is 23.9 Å². The van der Waals surface area contributed by atoms with E-state index in [4.69, 9.17) is 5.84 Å². The molecule has 0 spiro atoms. The van der Waals surface area contributed by atoms with Gasteiger partial charge in [0.25, 0.3) is 5.91 Å². The van der Waals surface area contributed by atoms with Gasteiger partial charge >= 0.3 is 0 Å². The van der Waals surface area contributed by atoms with E-state index in [-0.39, 0.29) is 23.9 Å². The van der Waals surface area contributed by atoms with Crippen LogP contribution in [0, 0.1) is 0 Å². The fraction of sp³-hybridized carbons (Fsp3) is 0.385. The summed E-state index contributed by atoms with van der Waals surface area (Å²) in [6, 6.07) is 6.63. The van der Waals surface area contributed by atoms with Crippen LogP contribution < -0.4 is 21.9 Å². The van der Waals surface area contributed by atoms with E-state index in [2.05, 4.69) is 16.1 Å². The molecule has 0 atom stereocenters. The monoisotopic (exact) mass is 264 g/mol. The molecule has 0 unspecified atom stereocenters. The Balaban J connectivity index is 2.49. The number of nitrogens with two attached hydrogens (primary N) is 1. The summed E-state index contributed by atoms with van der Waals surface area (Å²) in [6.07, 6.45) is 0. The van der Waals surface area contributed by atoms with Gasteiger partial charge in [-0.3, -0.25) is 15.4 Å². The number of hydrogen-bond acceptors (Lipinski definition) is 4. The van der Waals surface area contributed by atoms with Gasteiger partial charge in [0.2, 0.25) is 5.91 Å². The van der Waals surface area contributed by atoms with Crippen LogP contribution in [0.4, 0.5) is 5.69 Å². The van der Waals surface area contributed by atoms with Crippen molar-refractivity contribution in [3.8, 4) is 0 Å². The maximum atomic E-state index is 11.8. The Morgan fingerprint density at radius 2 is 1.74 bits per heavy atom. The molecule has 0 bridgehead atoms. The fourth-order valence-electron chi connectivity index (χ4n) is 1.44. The highest BCUT2D eigenvalue weighted by atomic mass is 16.2. The van der Waals surface area contributed by atoms with E-state index in [1.807, 2.05) is 20.8 Å². The van der Waals surface area contributed by atoms with Gasteiger partial charge < -0.3 is 16.1 Å². The first-order valence-corrected chi connectivity index (χ1v) is 5.98. The lowest BCUT2D eigenvalue weighted by molar-refractivity contribution is -0.121. The van der Waals surface area contributed by atoms with Gasteiger partial charge in [-0.15, -0.1) is 0 Å². The van der Waals surface area contributed by atoms with Gasteiger partial charge in [-0.1, -0.05) is 0 Å². The van der Waals surface area contributed by atoms with E-state index in [1.165, 1.54) is 0 Å². The second kappa shape index (κ2) is 6.19. The number of rotatable bonds is 4. The molecule has 1 rings (SSSR count). The summed E-state index contributed by atoms with van der Waals surface area (Å²) in [5.74, 6) is 4.71. The summed E-state index contributed by atoms with van der Waals surface area (Å²) in [7, 11) is 0. The maximum Gasteiger partial charge on any atom is 0.251 e. The number of nitrogen functional groups attached to an aromatic ring is 1. The standard InChI is InChI=1S/C13H20N4O2/c1-13(2,3)16-11(18)8-15-12(19)9-4-6-10(17-14)7-5-9/h4-7,17H,8,14H2,1-3H3,(H,15,19)(H,16,18). The van der Waals surface area contributed by atoms with E-state index >= 15 is 0 Å². The number of hydrogen-bond donors (Lipinski definition) is 4. The summed E-state index contributed by atoms with van der Waals surface area (Å²) in [5, 5.41) is 5.32. The molecule has 1 aromatic rings. The highest BCUT2D eigenvalue weighted by Gasteiger charge is 2.14. The molecule has 0 saturated carbocycles. The predicted octanol–water partition coefficient (Wildman–Crippen LogP) is 0.617. The molecule has 0 fully saturated rings. The van der Waals surface area contributed by atoms with Crippen LogP contribution >= 0.6 is 0 Å². The molecule has 0 radical (unpaired) electrons. The number of carbonyl (C=O) groups excluding carboxylic acids is 2. The first kappa shape index (κ1) is 15.0. The topological polar surface area (TPSA) is 96.2 Å². The number of benzene rings is 1. The van der Waals surface area contributed by atoms with Gasteiger partial charge in [-0.05, 0) is 45.0 Å². The van der Waals surface area contributed by atoms with Crippen molar-refractivity contribution in [3.63, 3.8) is 0 Å². The van der Waals surface area contributed by atoms with E-state index in [1.54, 1.807) is 24.3 Å². The minimum atomic E-state index is -0.309. The summed E-state index contributed by atoms with van der Waals surface area (Å²) >= 11 is 0. The molecule has 6 heteroatoms. The SMILES string of the molecule is CC(C)(C)NC(=O)CNC(=O)c1ccc(NN)cc1.